The maximum absolute atomic E-state index is 5.83. The Morgan fingerprint density at radius 3 is 2.60 bits per heavy atom. The van der Waals surface area contributed by atoms with Gasteiger partial charge in [0.15, 0.2) is 0 Å². The first-order chi connectivity index (χ1) is 7.27. The van der Waals surface area contributed by atoms with Gasteiger partial charge in [-0.15, -0.1) is 0 Å². The third-order valence-electron chi connectivity index (χ3n) is 2.36. The van der Waals surface area contributed by atoms with Crippen molar-refractivity contribution in [2.24, 2.45) is 0 Å². The Kier molecular flexibility index (Phi) is 4.03. The zero-order valence-corrected chi connectivity index (χ0v) is 10.5. The molecule has 1 aliphatic heterocycles. The van der Waals surface area contributed by atoms with Crippen molar-refractivity contribution in [2.75, 3.05) is 19.8 Å². The van der Waals surface area contributed by atoms with Crippen molar-refractivity contribution < 1.29 is 9.47 Å². The molecule has 0 aliphatic carbocycles. The van der Waals surface area contributed by atoms with Crippen LogP contribution in [0.25, 0.3) is 0 Å². The quantitative estimate of drug-likeness (QED) is 0.779. The summed E-state index contributed by atoms with van der Waals surface area (Å²) in [6.45, 7) is 2.00. The van der Waals surface area contributed by atoms with E-state index in [1.807, 2.05) is 24.3 Å². The van der Waals surface area contributed by atoms with Crippen molar-refractivity contribution in [2.45, 2.75) is 10.9 Å². The summed E-state index contributed by atoms with van der Waals surface area (Å²) in [5.74, 6) is 0. The molecule has 0 N–H and O–H groups in total. The highest BCUT2D eigenvalue weighted by Crippen LogP contribution is 2.30. The van der Waals surface area contributed by atoms with E-state index in [1.54, 1.807) is 0 Å². The normalized spacial score (nSPS) is 23.7. The standard InChI is InChI=1S/C11H12BrClO2/c12-11(10-7-14-5-6-15-10)8-1-3-9(13)4-2-8/h1-4,10-11H,5-7H2. The van der Waals surface area contributed by atoms with Crippen LogP contribution >= 0.6 is 27.5 Å². The van der Waals surface area contributed by atoms with Crippen molar-refractivity contribution in [1.82, 2.24) is 0 Å². The number of hydrogen-bond acceptors (Lipinski definition) is 2. The Morgan fingerprint density at radius 2 is 2.00 bits per heavy atom. The lowest BCUT2D eigenvalue weighted by molar-refractivity contribution is -0.0876. The van der Waals surface area contributed by atoms with Gasteiger partial charge in [0.1, 0.15) is 0 Å². The summed E-state index contributed by atoms with van der Waals surface area (Å²) in [4.78, 5) is 0.162. The Balaban J connectivity index is 2.05. The van der Waals surface area contributed by atoms with E-state index in [-0.39, 0.29) is 10.9 Å². The average Bonchev–Trinajstić information content (AvgIpc) is 2.30. The Morgan fingerprint density at radius 1 is 1.27 bits per heavy atom. The zero-order valence-electron chi connectivity index (χ0n) is 8.16. The van der Waals surface area contributed by atoms with E-state index in [0.717, 1.165) is 10.6 Å². The van der Waals surface area contributed by atoms with Gasteiger partial charge in [0.25, 0.3) is 0 Å². The number of halogens is 2. The van der Waals surface area contributed by atoms with Crippen molar-refractivity contribution in [1.29, 1.82) is 0 Å². The van der Waals surface area contributed by atoms with Gasteiger partial charge in [0.05, 0.1) is 30.8 Å². The molecule has 1 aromatic carbocycles. The van der Waals surface area contributed by atoms with Crippen LogP contribution in [0.5, 0.6) is 0 Å². The van der Waals surface area contributed by atoms with Crippen molar-refractivity contribution in [3.05, 3.63) is 34.9 Å². The lowest BCUT2D eigenvalue weighted by Gasteiger charge is -2.27. The van der Waals surface area contributed by atoms with E-state index in [1.165, 1.54) is 0 Å². The van der Waals surface area contributed by atoms with E-state index in [2.05, 4.69) is 15.9 Å². The molecule has 0 amide bonds. The van der Waals surface area contributed by atoms with Crippen LogP contribution < -0.4 is 0 Å². The van der Waals surface area contributed by atoms with Gasteiger partial charge in [-0.2, -0.15) is 0 Å². The topological polar surface area (TPSA) is 18.5 Å². The molecule has 2 rings (SSSR count). The van der Waals surface area contributed by atoms with Gasteiger partial charge in [-0.3, -0.25) is 0 Å². The van der Waals surface area contributed by atoms with Crippen LogP contribution in [0.15, 0.2) is 24.3 Å². The second-order valence-electron chi connectivity index (χ2n) is 3.44. The predicted molar refractivity (Wildman–Crippen MR) is 63.7 cm³/mol. The molecular weight excluding hydrogens is 279 g/mol. The molecule has 1 heterocycles. The zero-order chi connectivity index (χ0) is 10.7. The van der Waals surface area contributed by atoms with Crippen LogP contribution in [0.1, 0.15) is 10.4 Å². The number of alkyl halides is 1. The summed E-state index contributed by atoms with van der Waals surface area (Å²) in [5.41, 5.74) is 1.16. The Labute approximate surface area is 103 Å². The second kappa shape index (κ2) is 5.30. The molecule has 0 aromatic heterocycles. The highest BCUT2D eigenvalue weighted by atomic mass is 79.9. The molecule has 2 atom stereocenters. The van der Waals surface area contributed by atoms with Crippen LogP contribution in [0.4, 0.5) is 0 Å². The fourth-order valence-electron chi connectivity index (χ4n) is 1.54. The fourth-order valence-corrected chi connectivity index (χ4v) is 2.27. The molecule has 2 nitrogen and oxygen atoms in total. The molecule has 1 saturated heterocycles. The van der Waals surface area contributed by atoms with E-state index in [4.69, 9.17) is 21.1 Å². The molecule has 2 unspecified atom stereocenters. The summed E-state index contributed by atoms with van der Waals surface area (Å²) in [7, 11) is 0. The summed E-state index contributed by atoms with van der Waals surface area (Å²) in [6, 6.07) is 7.77. The second-order valence-corrected chi connectivity index (χ2v) is 4.86. The van der Waals surface area contributed by atoms with Gasteiger partial charge in [-0.1, -0.05) is 39.7 Å². The smallest absolute Gasteiger partial charge is 0.0975 e. The minimum Gasteiger partial charge on any atom is -0.376 e. The lowest BCUT2D eigenvalue weighted by atomic mass is 10.1. The molecule has 0 spiro atoms. The highest BCUT2D eigenvalue weighted by Gasteiger charge is 2.24. The first kappa shape index (κ1) is 11.4. The van der Waals surface area contributed by atoms with Gasteiger partial charge >= 0.3 is 0 Å². The predicted octanol–water partition coefficient (Wildman–Crippen LogP) is 3.19. The van der Waals surface area contributed by atoms with Gasteiger partial charge in [0.2, 0.25) is 0 Å². The first-order valence-corrected chi connectivity index (χ1v) is 6.15. The molecule has 0 saturated carbocycles. The minimum atomic E-state index is 0.0833. The minimum absolute atomic E-state index is 0.0833. The molecule has 82 valence electrons. The molecule has 1 aromatic rings. The van der Waals surface area contributed by atoms with Crippen molar-refractivity contribution in [3.63, 3.8) is 0 Å². The molecule has 1 fully saturated rings. The first-order valence-electron chi connectivity index (χ1n) is 4.86. The summed E-state index contributed by atoms with van der Waals surface area (Å²) in [5, 5.41) is 0.749. The average molecular weight is 292 g/mol. The number of ether oxygens (including phenoxy) is 2. The maximum Gasteiger partial charge on any atom is 0.0975 e. The lowest BCUT2D eigenvalue weighted by Crippen LogP contribution is -2.31. The van der Waals surface area contributed by atoms with Gasteiger partial charge in [-0.25, -0.2) is 0 Å². The SMILES string of the molecule is Clc1ccc(C(Br)C2COCCO2)cc1. The molecule has 0 radical (unpaired) electrons. The summed E-state index contributed by atoms with van der Waals surface area (Å²) >= 11 is 9.45. The van der Waals surface area contributed by atoms with Crippen LogP contribution in [0.2, 0.25) is 5.02 Å². The molecular formula is C11H12BrClO2. The Hall–Kier alpha value is -0.0900. The summed E-state index contributed by atoms with van der Waals surface area (Å²) < 4.78 is 11.0. The van der Waals surface area contributed by atoms with Gasteiger partial charge in [0, 0.05) is 5.02 Å². The van der Waals surface area contributed by atoms with Gasteiger partial charge in [-0.05, 0) is 17.7 Å². The number of benzene rings is 1. The molecule has 15 heavy (non-hydrogen) atoms. The molecule has 0 bridgehead atoms. The highest BCUT2D eigenvalue weighted by molar-refractivity contribution is 9.09. The van der Waals surface area contributed by atoms with Gasteiger partial charge < -0.3 is 9.47 Å². The molecule has 1 aliphatic rings. The van der Waals surface area contributed by atoms with E-state index >= 15 is 0 Å². The van der Waals surface area contributed by atoms with Crippen molar-refractivity contribution >= 4 is 27.5 Å². The number of rotatable bonds is 2. The van der Waals surface area contributed by atoms with E-state index < -0.39 is 0 Å². The molecule has 4 heteroatoms. The van der Waals surface area contributed by atoms with E-state index in [9.17, 15) is 0 Å². The van der Waals surface area contributed by atoms with Crippen molar-refractivity contribution in [3.8, 4) is 0 Å². The summed E-state index contributed by atoms with van der Waals surface area (Å²) in [6.07, 6.45) is 0.0833. The Bertz CT molecular complexity index is 309. The van der Waals surface area contributed by atoms with Crippen LogP contribution in [0.3, 0.4) is 0 Å². The van der Waals surface area contributed by atoms with Crippen LogP contribution in [-0.4, -0.2) is 25.9 Å². The van der Waals surface area contributed by atoms with Crippen LogP contribution in [-0.2, 0) is 9.47 Å². The number of hydrogen-bond donors (Lipinski definition) is 0. The fraction of sp³-hybridized carbons (Fsp3) is 0.455. The van der Waals surface area contributed by atoms with Crippen LogP contribution in [0, 0.1) is 0 Å². The maximum atomic E-state index is 5.83. The monoisotopic (exact) mass is 290 g/mol. The third-order valence-corrected chi connectivity index (χ3v) is 3.73. The third kappa shape index (κ3) is 2.94. The largest absolute Gasteiger partial charge is 0.376 e. The van der Waals surface area contributed by atoms with E-state index in [0.29, 0.717) is 19.8 Å².